The average Bonchev–Trinajstić information content (AvgIpc) is 2.38. The van der Waals surface area contributed by atoms with Gasteiger partial charge in [0, 0.05) is 12.6 Å². The molecule has 1 atom stereocenters. The molecular weight excluding hydrogens is 250 g/mol. The molecule has 1 N–H and O–H groups in total. The molecular formula is C17H23NO2. The lowest BCUT2D eigenvalue weighted by Crippen LogP contribution is -2.38. The zero-order valence-electron chi connectivity index (χ0n) is 12.3. The van der Waals surface area contributed by atoms with Crippen LogP contribution in [0.3, 0.4) is 0 Å². The molecule has 0 fully saturated rings. The Balaban J connectivity index is 2.37. The van der Waals surface area contributed by atoms with Crippen LogP contribution in [0.1, 0.15) is 43.9 Å². The fourth-order valence-electron chi connectivity index (χ4n) is 3.21. The number of benzene rings is 1. The lowest BCUT2D eigenvalue weighted by atomic mass is 9.70. The topological polar surface area (TPSA) is 40.5 Å². The van der Waals surface area contributed by atoms with Crippen molar-refractivity contribution in [3.63, 3.8) is 0 Å². The first-order valence-corrected chi connectivity index (χ1v) is 7.12. The summed E-state index contributed by atoms with van der Waals surface area (Å²) in [5.41, 5.74) is 2.78. The minimum Gasteiger partial charge on any atom is -0.480 e. The van der Waals surface area contributed by atoms with E-state index < -0.39 is 5.97 Å². The summed E-state index contributed by atoms with van der Waals surface area (Å²) in [4.78, 5) is 13.1. The predicted octanol–water partition coefficient (Wildman–Crippen LogP) is 3.37. The SMILES string of the molecule is C=CCN(CC(=O)O)C1CCC(C)(C)c2ccccc21. The van der Waals surface area contributed by atoms with Gasteiger partial charge in [-0.15, -0.1) is 6.58 Å². The Labute approximate surface area is 120 Å². The van der Waals surface area contributed by atoms with Crippen molar-refractivity contribution in [2.24, 2.45) is 0 Å². The maximum absolute atomic E-state index is 11.1. The molecule has 0 spiro atoms. The van der Waals surface area contributed by atoms with Gasteiger partial charge in [0.1, 0.15) is 0 Å². The van der Waals surface area contributed by atoms with E-state index >= 15 is 0 Å². The van der Waals surface area contributed by atoms with Gasteiger partial charge in [-0.2, -0.15) is 0 Å². The van der Waals surface area contributed by atoms with E-state index in [4.69, 9.17) is 5.11 Å². The first-order chi connectivity index (χ1) is 9.45. The van der Waals surface area contributed by atoms with Crippen molar-refractivity contribution in [1.82, 2.24) is 4.90 Å². The summed E-state index contributed by atoms with van der Waals surface area (Å²) >= 11 is 0. The standard InChI is InChI=1S/C17H23NO2/c1-4-11-18(12-16(19)20)15-9-10-17(2,3)14-8-6-5-7-13(14)15/h4-8,15H,1,9-12H2,2-3H3,(H,19,20). The van der Waals surface area contributed by atoms with Crippen LogP contribution in [-0.2, 0) is 10.2 Å². The molecule has 0 heterocycles. The molecule has 1 aliphatic carbocycles. The molecule has 1 aromatic carbocycles. The summed E-state index contributed by atoms with van der Waals surface area (Å²) in [6.07, 6.45) is 3.85. The number of aliphatic carboxylic acids is 1. The second kappa shape index (κ2) is 5.80. The number of hydrogen-bond donors (Lipinski definition) is 1. The monoisotopic (exact) mass is 273 g/mol. The number of fused-ring (bicyclic) bond motifs is 1. The third-order valence-corrected chi connectivity index (χ3v) is 4.23. The van der Waals surface area contributed by atoms with Gasteiger partial charge in [-0.3, -0.25) is 9.69 Å². The molecule has 3 heteroatoms. The van der Waals surface area contributed by atoms with Gasteiger partial charge < -0.3 is 5.11 Å². The zero-order chi connectivity index (χ0) is 14.8. The van der Waals surface area contributed by atoms with Crippen molar-refractivity contribution in [1.29, 1.82) is 0 Å². The molecule has 0 saturated carbocycles. The second-order valence-electron chi connectivity index (χ2n) is 6.14. The Bertz CT molecular complexity index is 507. The summed E-state index contributed by atoms with van der Waals surface area (Å²) in [5, 5.41) is 9.12. The van der Waals surface area contributed by atoms with Gasteiger partial charge in [0.05, 0.1) is 6.54 Å². The molecule has 1 aromatic rings. The van der Waals surface area contributed by atoms with Crippen LogP contribution in [0.25, 0.3) is 0 Å². The molecule has 0 radical (unpaired) electrons. The predicted molar refractivity (Wildman–Crippen MR) is 80.8 cm³/mol. The first kappa shape index (κ1) is 14.8. The highest BCUT2D eigenvalue weighted by atomic mass is 16.4. The third-order valence-electron chi connectivity index (χ3n) is 4.23. The molecule has 1 unspecified atom stereocenters. The van der Waals surface area contributed by atoms with Crippen LogP contribution in [-0.4, -0.2) is 29.1 Å². The quantitative estimate of drug-likeness (QED) is 0.836. The van der Waals surface area contributed by atoms with Crippen molar-refractivity contribution >= 4 is 5.97 Å². The summed E-state index contributed by atoms with van der Waals surface area (Å²) in [5.74, 6) is -0.783. The average molecular weight is 273 g/mol. The molecule has 3 nitrogen and oxygen atoms in total. The molecule has 0 bridgehead atoms. The summed E-state index contributed by atoms with van der Waals surface area (Å²) < 4.78 is 0. The van der Waals surface area contributed by atoms with Crippen LogP contribution < -0.4 is 0 Å². The number of carbonyl (C=O) groups is 1. The van der Waals surface area contributed by atoms with Crippen molar-refractivity contribution < 1.29 is 9.90 Å². The number of carboxylic acids is 1. The van der Waals surface area contributed by atoms with Crippen LogP contribution in [0.2, 0.25) is 0 Å². The number of rotatable bonds is 5. The highest BCUT2D eigenvalue weighted by Gasteiger charge is 2.35. The highest BCUT2D eigenvalue weighted by molar-refractivity contribution is 5.69. The van der Waals surface area contributed by atoms with Crippen molar-refractivity contribution in [3.05, 3.63) is 48.0 Å². The molecule has 1 aliphatic rings. The summed E-state index contributed by atoms with van der Waals surface area (Å²) in [6.45, 7) is 8.94. The number of carboxylic acid groups (broad SMARTS) is 1. The van der Waals surface area contributed by atoms with Gasteiger partial charge in [0.15, 0.2) is 0 Å². The molecule has 20 heavy (non-hydrogen) atoms. The molecule has 0 aliphatic heterocycles. The van der Waals surface area contributed by atoms with Gasteiger partial charge in [0.2, 0.25) is 0 Å². The van der Waals surface area contributed by atoms with E-state index in [2.05, 4.69) is 38.6 Å². The molecule has 2 rings (SSSR count). The lowest BCUT2D eigenvalue weighted by Gasteiger charge is -2.41. The molecule has 0 saturated heterocycles. The van der Waals surface area contributed by atoms with Crippen LogP contribution in [0, 0.1) is 0 Å². The Morgan fingerprint density at radius 1 is 1.50 bits per heavy atom. The maximum Gasteiger partial charge on any atom is 0.317 e. The summed E-state index contributed by atoms with van der Waals surface area (Å²) in [6, 6.07) is 8.60. The van der Waals surface area contributed by atoms with Crippen molar-refractivity contribution in [3.8, 4) is 0 Å². The largest absolute Gasteiger partial charge is 0.480 e. The Morgan fingerprint density at radius 2 is 2.20 bits per heavy atom. The fraction of sp³-hybridized carbons (Fsp3) is 0.471. The van der Waals surface area contributed by atoms with Crippen LogP contribution in [0.5, 0.6) is 0 Å². The Morgan fingerprint density at radius 3 is 2.85 bits per heavy atom. The molecule has 108 valence electrons. The first-order valence-electron chi connectivity index (χ1n) is 7.12. The second-order valence-corrected chi connectivity index (χ2v) is 6.14. The van der Waals surface area contributed by atoms with Crippen molar-refractivity contribution in [2.75, 3.05) is 13.1 Å². The minimum atomic E-state index is -0.783. The smallest absolute Gasteiger partial charge is 0.317 e. The number of nitrogens with zero attached hydrogens (tertiary/aromatic N) is 1. The van der Waals surface area contributed by atoms with Crippen LogP contribution >= 0.6 is 0 Å². The van der Waals surface area contributed by atoms with Crippen molar-refractivity contribution in [2.45, 2.75) is 38.1 Å². The summed E-state index contributed by atoms with van der Waals surface area (Å²) in [7, 11) is 0. The minimum absolute atomic E-state index is 0.0610. The van der Waals surface area contributed by atoms with Crippen LogP contribution in [0.15, 0.2) is 36.9 Å². The highest BCUT2D eigenvalue weighted by Crippen LogP contribution is 2.43. The normalized spacial score (nSPS) is 20.4. The van der Waals surface area contributed by atoms with E-state index in [9.17, 15) is 4.79 Å². The van der Waals surface area contributed by atoms with Crippen LogP contribution in [0.4, 0.5) is 0 Å². The maximum atomic E-state index is 11.1. The van der Waals surface area contributed by atoms with Gasteiger partial charge in [-0.05, 0) is 29.4 Å². The third kappa shape index (κ3) is 2.93. The van der Waals surface area contributed by atoms with Gasteiger partial charge in [0.25, 0.3) is 0 Å². The zero-order valence-corrected chi connectivity index (χ0v) is 12.3. The number of hydrogen-bond acceptors (Lipinski definition) is 2. The molecule has 0 amide bonds. The van der Waals surface area contributed by atoms with E-state index in [-0.39, 0.29) is 18.0 Å². The van der Waals surface area contributed by atoms with Gasteiger partial charge in [-0.1, -0.05) is 44.2 Å². The lowest BCUT2D eigenvalue weighted by molar-refractivity contribution is -0.138. The molecule has 0 aromatic heterocycles. The Kier molecular flexibility index (Phi) is 4.29. The van der Waals surface area contributed by atoms with E-state index in [1.165, 1.54) is 11.1 Å². The van der Waals surface area contributed by atoms with E-state index in [1.807, 2.05) is 11.0 Å². The fourth-order valence-corrected chi connectivity index (χ4v) is 3.21. The van der Waals surface area contributed by atoms with Gasteiger partial charge >= 0.3 is 5.97 Å². The Hall–Kier alpha value is -1.61. The van der Waals surface area contributed by atoms with E-state index in [0.717, 1.165) is 12.8 Å². The van der Waals surface area contributed by atoms with Gasteiger partial charge in [-0.25, -0.2) is 0 Å². The van der Waals surface area contributed by atoms with E-state index in [1.54, 1.807) is 6.08 Å². The van der Waals surface area contributed by atoms with E-state index in [0.29, 0.717) is 6.54 Å².